The zero-order valence-corrected chi connectivity index (χ0v) is 11.0. The maximum Gasteiger partial charge on any atom is 0.226 e. The van der Waals surface area contributed by atoms with Crippen molar-refractivity contribution in [3.8, 4) is 11.5 Å². The Morgan fingerprint density at radius 3 is 2.61 bits per heavy atom. The highest BCUT2D eigenvalue weighted by molar-refractivity contribution is 5.79. The Hall–Kier alpha value is -1.75. The lowest BCUT2D eigenvalue weighted by Gasteiger charge is -2.17. The van der Waals surface area contributed by atoms with Crippen LogP contribution in [0.5, 0.6) is 11.5 Å². The van der Waals surface area contributed by atoms with E-state index in [9.17, 15) is 4.79 Å². The summed E-state index contributed by atoms with van der Waals surface area (Å²) in [5, 5.41) is 8.79. The van der Waals surface area contributed by atoms with E-state index in [-0.39, 0.29) is 18.9 Å². The van der Waals surface area contributed by atoms with Crippen molar-refractivity contribution in [2.24, 2.45) is 0 Å². The summed E-state index contributed by atoms with van der Waals surface area (Å²) in [6, 6.07) is 5.34. The van der Waals surface area contributed by atoms with Crippen molar-refractivity contribution in [1.82, 2.24) is 4.90 Å². The van der Waals surface area contributed by atoms with Crippen LogP contribution >= 0.6 is 0 Å². The van der Waals surface area contributed by atoms with Gasteiger partial charge < -0.3 is 19.5 Å². The van der Waals surface area contributed by atoms with E-state index in [4.69, 9.17) is 14.6 Å². The van der Waals surface area contributed by atoms with Crippen molar-refractivity contribution in [2.45, 2.75) is 6.42 Å². The lowest BCUT2D eigenvalue weighted by molar-refractivity contribution is -0.129. The van der Waals surface area contributed by atoms with E-state index >= 15 is 0 Å². The maximum absolute atomic E-state index is 11.9. The Balaban J connectivity index is 2.80. The molecule has 1 rings (SSSR count). The smallest absolute Gasteiger partial charge is 0.226 e. The first-order chi connectivity index (χ1) is 8.62. The van der Waals surface area contributed by atoms with E-state index in [2.05, 4.69) is 0 Å². The number of carbonyl (C=O) groups excluding carboxylic acids is 1. The molecule has 1 aromatic carbocycles. The van der Waals surface area contributed by atoms with Gasteiger partial charge >= 0.3 is 0 Å². The average Bonchev–Trinajstić information content (AvgIpc) is 2.39. The molecule has 0 saturated carbocycles. The molecule has 100 valence electrons. The molecule has 1 N–H and O–H groups in total. The first-order valence-electron chi connectivity index (χ1n) is 5.68. The van der Waals surface area contributed by atoms with Crippen molar-refractivity contribution in [1.29, 1.82) is 0 Å². The number of methoxy groups -OCH3 is 2. The van der Waals surface area contributed by atoms with Gasteiger partial charge in [0, 0.05) is 25.2 Å². The molecular formula is C13H19NO4. The Morgan fingerprint density at radius 1 is 1.33 bits per heavy atom. The molecule has 1 aromatic rings. The van der Waals surface area contributed by atoms with Crippen LogP contribution in [-0.4, -0.2) is 50.3 Å². The van der Waals surface area contributed by atoms with E-state index in [1.165, 1.54) is 4.90 Å². The second-order valence-electron chi connectivity index (χ2n) is 3.89. The van der Waals surface area contributed by atoms with Crippen LogP contribution in [0.4, 0.5) is 0 Å². The first kappa shape index (κ1) is 14.3. The van der Waals surface area contributed by atoms with Gasteiger partial charge in [-0.05, 0) is 6.07 Å². The Morgan fingerprint density at radius 2 is 2.06 bits per heavy atom. The highest BCUT2D eigenvalue weighted by Crippen LogP contribution is 2.25. The average molecular weight is 253 g/mol. The molecule has 0 aliphatic rings. The van der Waals surface area contributed by atoms with Crippen LogP contribution in [0.15, 0.2) is 18.2 Å². The topological polar surface area (TPSA) is 59.0 Å². The maximum atomic E-state index is 11.9. The van der Waals surface area contributed by atoms with Gasteiger partial charge in [0.2, 0.25) is 5.91 Å². The fraction of sp³-hybridized carbons (Fsp3) is 0.462. The summed E-state index contributed by atoms with van der Waals surface area (Å²) in [7, 11) is 4.80. The second-order valence-corrected chi connectivity index (χ2v) is 3.89. The number of hydrogen-bond acceptors (Lipinski definition) is 4. The molecule has 1 amide bonds. The summed E-state index contributed by atoms with van der Waals surface area (Å²) in [6.07, 6.45) is 0.240. The van der Waals surface area contributed by atoms with Crippen LogP contribution in [0.25, 0.3) is 0 Å². The van der Waals surface area contributed by atoms with Crippen molar-refractivity contribution in [3.05, 3.63) is 23.8 Å². The van der Waals surface area contributed by atoms with E-state index in [0.29, 0.717) is 18.0 Å². The zero-order valence-electron chi connectivity index (χ0n) is 11.0. The van der Waals surface area contributed by atoms with Crippen molar-refractivity contribution in [2.75, 3.05) is 34.4 Å². The largest absolute Gasteiger partial charge is 0.497 e. The van der Waals surface area contributed by atoms with Gasteiger partial charge in [0.15, 0.2) is 0 Å². The lowest BCUT2D eigenvalue weighted by Crippen LogP contribution is -2.30. The SMILES string of the molecule is COc1ccc(CC(=O)N(C)CCO)c(OC)c1. The van der Waals surface area contributed by atoms with E-state index in [0.717, 1.165) is 5.56 Å². The van der Waals surface area contributed by atoms with Crippen LogP contribution in [0.2, 0.25) is 0 Å². The van der Waals surface area contributed by atoms with Crippen LogP contribution in [0.1, 0.15) is 5.56 Å². The number of nitrogens with zero attached hydrogens (tertiary/aromatic N) is 1. The van der Waals surface area contributed by atoms with Crippen molar-refractivity contribution < 1.29 is 19.4 Å². The molecule has 18 heavy (non-hydrogen) atoms. The van der Waals surface area contributed by atoms with Gasteiger partial charge in [-0.3, -0.25) is 4.79 Å². The summed E-state index contributed by atoms with van der Waals surface area (Å²) in [5.74, 6) is 1.25. The number of likely N-dealkylation sites (N-methyl/N-ethyl adjacent to an activating group) is 1. The highest BCUT2D eigenvalue weighted by atomic mass is 16.5. The third kappa shape index (κ3) is 3.63. The number of hydrogen-bond donors (Lipinski definition) is 1. The molecule has 0 atom stereocenters. The minimum atomic E-state index is -0.0625. The van der Waals surface area contributed by atoms with Crippen LogP contribution in [0.3, 0.4) is 0 Å². The van der Waals surface area contributed by atoms with Gasteiger partial charge in [0.05, 0.1) is 27.2 Å². The van der Waals surface area contributed by atoms with Crippen LogP contribution in [-0.2, 0) is 11.2 Å². The Labute approximate surface area is 107 Å². The first-order valence-corrected chi connectivity index (χ1v) is 5.68. The normalized spacial score (nSPS) is 10.0. The third-order valence-corrected chi connectivity index (χ3v) is 2.70. The zero-order chi connectivity index (χ0) is 13.5. The number of benzene rings is 1. The number of amides is 1. The molecule has 0 aliphatic heterocycles. The number of rotatable bonds is 6. The number of aliphatic hydroxyl groups is 1. The lowest BCUT2D eigenvalue weighted by atomic mass is 10.1. The minimum absolute atomic E-state index is 0.0397. The molecule has 0 aliphatic carbocycles. The molecule has 0 radical (unpaired) electrons. The molecule has 0 fully saturated rings. The van der Waals surface area contributed by atoms with Crippen molar-refractivity contribution >= 4 is 5.91 Å². The minimum Gasteiger partial charge on any atom is -0.497 e. The molecule has 0 unspecified atom stereocenters. The fourth-order valence-corrected chi connectivity index (χ4v) is 1.57. The molecule has 5 heteroatoms. The molecule has 0 spiro atoms. The Bertz CT molecular complexity index is 406. The van der Waals surface area contributed by atoms with Gasteiger partial charge in [-0.2, -0.15) is 0 Å². The van der Waals surface area contributed by atoms with Crippen LogP contribution in [0, 0.1) is 0 Å². The molecule has 0 aromatic heterocycles. The van der Waals surface area contributed by atoms with E-state index < -0.39 is 0 Å². The van der Waals surface area contributed by atoms with Crippen molar-refractivity contribution in [3.63, 3.8) is 0 Å². The molecule has 0 saturated heterocycles. The van der Waals surface area contributed by atoms with Gasteiger partial charge in [0.1, 0.15) is 11.5 Å². The third-order valence-electron chi connectivity index (χ3n) is 2.70. The molecule has 0 bridgehead atoms. The second kappa shape index (κ2) is 6.86. The summed E-state index contributed by atoms with van der Waals surface area (Å²) in [4.78, 5) is 13.3. The summed E-state index contributed by atoms with van der Waals surface area (Å²) in [5.41, 5.74) is 0.799. The number of ether oxygens (including phenoxy) is 2. The molecular weight excluding hydrogens is 234 g/mol. The van der Waals surface area contributed by atoms with Gasteiger partial charge in [-0.1, -0.05) is 6.07 Å². The summed E-state index contributed by atoms with van der Waals surface area (Å²) >= 11 is 0. The van der Waals surface area contributed by atoms with Gasteiger partial charge in [-0.25, -0.2) is 0 Å². The molecule has 0 heterocycles. The predicted octanol–water partition coefficient (Wildman–Crippen LogP) is 0.697. The quantitative estimate of drug-likeness (QED) is 0.810. The number of aliphatic hydroxyl groups excluding tert-OH is 1. The predicted molar refractivity (Wildman–Crippen MR) is 68.0 cm³/mol. The summed E-state index contributed by atoms with van der Waals surface area (Å²) < 4.78 is 10.3. The summed E-state index contributed by atoms with van der Waals surface area (Å²) in [6.45, 7) is 0.291. The van der Waals surface area contributed by atoms with E-state index in [1.54, 1.807) is 33.4 Å². The van der Waals surface area contributed by atoms with Gasteiger partial charge in [0.25, 0.3) is 0 Å². The Kier molecular flexibility index (Phi) is 5.45. The monoisotopic (exact) mass is 253 g/mol. The fourth-order valence-electron chi connectivity index (χ4n) is 1.57. The number of carbonyl (C=O) groups is 1. The molecule has 5 nitrogen and oxygen atoms in total. The van der Waals surface area contributed by atoms with Crippen LogP contribution < -0.4 is 9.47 Å². The highest BCUT2D eigenvalue weighted by Gasteiger charge is 2.13. The van der Waals surface area contributed by atoms with Gasteiger partial charge in [-0.15, -0.1) is 0 Å². The standard InChI is InChI=1S/C13H19NO4/c1-14(6-7-15)13(16)8-10-4-5-11(17-2)9-12(10)18-3/h4-5,9,15H,6-8H2,1-3H3. The van der Waals surface area contributed by atoms with E-state index in [1.807, 2.05) is 6.07 Å².